The maximum absolute atomic E-state index is 12.6. The Kier molecular flexibility index (Phi) is 7.67. The number of rotatable bonds is 7. The first-order valence-electron chi connectivity index (χ1n) is 10.0. The van der Waals surface area contributed by atoms with Gasteiger partial charge in [0.2, 0.25) is 5.91 Å². The summed E-state index contributed by atoms with van der Waals surface area (Å²) < 4.78 is 12.2. The number of anilines is 2. The Balaban J connectivity index is 1.53. The number of ether oxygens (including phenoxy) is 2. The standard InChI is InChI=1S/C24H20ClIN2O4S/c1-31-20-12-15(24-28(22(30)14-33-24)18-9-7-16(25)8-10-18)11-19(26)23(20)32-13-21(29)27-17-5-3-2-4-6-17/h2-12,24H,13-14H2,1H3,(H,27,29)/t24-/m0/s1. The molecule has 1 heterocycles. The number of hydrogen-bond acceptors (Lipinski definition) is 5. The van der Waals surface area contributed by atoms with Crippen LogP contribution in [0.1, 0.15) is 10.9 Å². The molecule has 1 fully saturated rings. The summed E-state index contributed by atoms with van der Waals surface area (Å²) in [4.78, 5) is 26.7. The number of para-hydroxylation sites is 1. The number of nitrogens with one attached hydrogen (secondary N) is 1. The Bertz CT molecular complexity index is 1160. The van der Waals surface area contributed by atoms with Crippen molar-refractivity contribution in [2.75, 3.05) is 29.7 Å². The lowest BCUT2D eigenvalue weighted by Crippen LogP contribution is -2.27. The number of benzene rings is 3. The molecule has 0 saturated carbocycles. The second-order valence-corrected chi connectivity index (χ2v) is 9.81. The van der Waals surface area contributed by atoms with Gasteiger partial charge in [-0.15, -0.1) is 11.8 Å². The molecule has 0 radical (unpaired) electrons. The van der Waals surface area contributed by atoms with Gasteiger partial charge in [-0.25, -0.2) is 0 Å². The van der Waals surface area contributed by atoms with E-state index < -0.39 is 0 Å². The lowest BCUT2D eigenvalue weighted by atomic mass is 10.1. The Morgan fingerprint density at radius 2 is 1.91 bits per heavy atom. The van der Waals surface area contributed by atoms with Gasteiger partial charge in [0.1, 0.15) is 5.37 Å². The summed E-state index contributed by atoms with van der Waals surface area (Å²) in [7, 11) is 1.55. The molecule has 3 aromatic rings. The molecule has 1 atom stereocenters. The molecular weight excluding hydrogens is 575 g/mol. The molecule has 1 N–H and O–H groups in total. The van der Waals surface area contributed by atoms with Crippen LogP contribution in [0, 0.1) is 3.57 Å². The molecule has 0 aromatic heterocycles. The van der Waals surface area contributed by atoms with Gasteiger partial charge in [-0.1, -0.05) is 29.8 Å². The van der Waals surface area contributed by atoms with Crippen LogP contribution in [0.3, 0.4) is 0 Å². The Morgan fingerprint density at radius 1 is 1.18 bits per heavy atom. The summed E-state index contributed by atoms with van der Waals surface area (Å²) in [5.74, 6) is 1.12. The zero-order chi connectivity index (χ0) is 23.4. The highest BCUT2D eigenvalue weighted by molar-refractivity contribution is 14.1. The molecule has 1 aliphatic rings. The predicted molar refractivity (Wildman–Crippen MR) is 140 cm³/mol. The average molecular weight is 595 g/mol. The van der Waals surface area contributed by atoms with Crippen molar-refractivity contribution in [3.8, 4) is 11.5 Å². The maximum Gasteiger partial charge on any atom is 0.262 e. The molecule has 170 valence electrons. The van der Waals surface area contributed by atoms with Crippen LogP contribution in [0.25, 0.3) is 0 Å². The minimum absolute atomic E-state index is 0.0270. The molecule has 1 aliphatic heterocycles. The minimum Gasteiger partial charge on any atom is -0.493 e. The third-order valence-corrected chi connectivity index (χ3v) is 7.18. The molecule has 33 heavy (non-hydrogen) atoms. The lowest BCUT2D eigenvalue weighted by Gasteiger charge is -2.25. The topological polar surface area (TPSA) is 67.9 Å². The normalized spacial score (nSPS) is 15.4. The summed E-state index contributed by atoms with van der Waals surface area (Å²) >= 11 is 9.71. The van der Waals surface area contributed by atoms with E-state index in [1.807, 2.05) is 54.6 Å². The molecule has 0 spiro atoms. The maximum atomic E-state index is 12.6. The first-order chi connectivity index (χ1) is 16.0. The second kappa shape index (κ2) is 10.7. The van der Waals surface area contributed by atoms with Crippen LogP contribution < -0.4 is 19.7 Å². The van der Waals surface area contributed by atoms with Crippen molar-refractivity contribution in [2.24, 2.45) is 0 Å². The second-order valence-electron chi connectivity index (χ2n) is 7.14. The summed E-state index contributed by atoms with van der Waals surface area (Å²) in [6.07, 6.45) is 0. The van der Waals surface area contributed by atoms with E-state index in [9.17, 15) is 9.59 Å². The van der Waals surface area contributed by atoms with Gasteiger partial charge in [0.15, 0.2) is 18.1 Å². The minimum atomic E-state index is -0.269. The van der Waals surface area contributed by atoms with Gasteiger partial charge < -0.3 is 14.8 Å². The number of amides is 2. The quantitative estimate of drug-likeness (QED) is 0.353. The van der Waals surface area contributed by atoms with Gasteiger partial charge >= 0.3 is 0 Å². The van der Waals surface area contributed by atoms with Crippen molar-refractivity contribution in [1.29, 1.82) is 0 Å². The lowest BCUT2D eigenvalue weighted by molar-refractivity contribution is -0.118. The first kappa shape index (κ1) is 23.7. The molecule has 3 aromatic carbocycles. The number of halogens is 2. The SMILES string of the molecule is COc1cc([C@@H]2SCC(=O)N2c2ccc(Cl)cc2)cc(I)c1OCC(=O)Nc1ccccc1. The highest BCUT2D eigenvalue weighted by Gasteiger charge is 2.35. The molecule has 2 amide bonds. The van der Waals surface area contributed by atoms with E-state index in [1.165, 1.54) is 0 Å². The van der Waals surface area contributed by atoms with Crippen LogP contribution >= 0.6 is 46.0 Å². The van der Waals surface area contributed by atoms with Crippen LogP contribution in [0.15, 0.2) is 66.7 Å². The van der Waals surface area contributed by atoms with Crippen molar-refractivity contribution in [1.82, 2.24) is 0 Å². The van der Waals surface area contributed by atoms with E-state index in [0.717, 1.165) is 14.8 Å². The number of carbonyl (C=O) groups excluding carboxylic acids is 2. The number of thioether (sulfide) groups is 1. The molecular formula is C24H20ClIN2O4S. The third kappa shape index (κ3) is 5.56. The molecule has 0 bridgehead atoms. The van der Waals surface area contributed by atoms with Crippen LogP contribution in [0.2, 0.25) is 5.02 Å². The molecule has 0 aliphatic carbocycles. The summed E-state index contributed by atoms with van der Waals surface area (Å²) in [5.41, 5.74) is 2.39. The molecule has 0 unspecified atom stereocenters. The van der Waals surface area contributed by atoms with Crippen molar-refractivity contribution in [2.45, 2.75) is 5.37 Å². The highest BCUT2D eigenvalue weighted by atomic mass is 127. The van der Waals surface area contributed by atoms with E-state index in [-0.39, 0.29) is 23.8 Å². The fourth-order valence-electron chi connectivity index (χ4n) is 3.43. The zero-order valence-corrected chi connectivity index (χ0v) is 21.3. The number of carbonyl (C=O) groups is 2. The highest BCUT2D eigenvalue weighted by Crippen LogP contribution is 2.45. The van der Waals surface area contributed by atoms with Crippen LogP contribution in [0.5, 0.6) is 11.5 Å². The largest absolute Gasteiger partial charge is 0.493 e. The van der Waals surface area contributed by atoms with Gasteiger partial charge in [-0.2, -0.15) is 0 Å². The molecule has 6 nitrogen and oxygen atoms in total. The van der Waals surface area contributed by atoms with E-state index in [1.54, 1.807) is 35.9 Å². The summed E-state index contributed by atoms with van der Waals surface area (Å²) in [5, 5.41) is 3.20. The van der Waals surface area contributed by atoms with Crippen molar-refractivity contribution in [3.05, 3.63) is 80.9 Å². The van der Waals surface area contributed by atoms with E-state index in [2.05, 4.69) is 27.9 Å². The number of hydrogen-bond donors (Lipinski definition) is 1. The van der Waals surface area contributed by atoms with Crippen molar-refractivity contribution >= 4 is 69.1 Å². The number of nitrogens with zero attached hydrogens (tertiary/aromatic N) is 1. The van der Waals surface area contributed by atoms with Gasteiger partial charge in [0.25, 0.3) is 5.91 Å². The molecule has 9 heteroatoms. The Hall–Kier alpha value is -2.43. The Morgan fingerprint density at radius 3 is 2.61 bits per heavy atom. The fraction of sp³-hybridized carbons (Fsp3) is 0.167. The fourth-order valence-corrected chi connectivity index (χ4v) is 5.49. The number of methoxy groups -OCH3 is 1. The van der Waals surface area contributed by atoms with E-state index in [0.29, 0.717) is 28.0 Å². The monoisotopic (exact) mass is 594 g/mol. The van der Waals surface area contributed by atoms with Gasteiger partial charge in [0, 0.05) is 16.4 Å². The van der Waals surface area contributed by atoms with Gasteiger partial charge in [0.05, 0.1) is 16.4 Å². The first-order valence-corrected chi connectivity index (χ1v) is 12.5. The molecule has 1 saturated heterocycles. The summed E-state index contributed by atoms with van der Waals surface area (Å²) in [6, 6.07) is 20.2. The smallest absolute Gasteiger partial charge is 0.262 e. The molecule has 4 rings (SSSR count). The van der Waals surface area contributed by atoms with E-state index in [4.69, 9.17) is 21.1 Å². The van der Waals surface area contributed by atoms with Crippen LogP contribution in [-0.2, 0) is 9.59 Å². The zero-order valence-electron chi connectivity index (χ0n) is 17.6. The van der Waals surface area contributed by atoms with Crippen molar-refractivity contribution in [3.63, 3.8) is 0 Å². The van der Waals surface area contributed by atoms with Crippen LogP contribution in [0.4, 0.5) is 11.4 Å². The van der Waals surface area contributed by atoms with Crippen LogP contribution in [-0.4, -0.2) is 31.3 Å². The van der Waals surface area contributed by atoms with Crippen molar-refractivity contribution < 1.29 is 19.1 Å². The van der Waals surface area contributed by atoms with Gasteiger partial charge in [-0.3, -0.25) is 14.5 Å². The Labute approximate surface area is 214 Å². The van der Waals surface area contributed by atoms with E-state index >= 15 is 0 Å². The van der Waals surface area contributed by atoms with Gasteiger partial charge in [-0.05, 0) is 76.7 Å². The summed E-state index contributed by atoms with van der Waals surface area (Å²) in [6.45, 7) is -0.159. The third-order valence-electron chi connectivity index (χ3n) is 4.91. The average Bonchev–Trinajstić information content (AvgIpc) is 3.20. The predicted octanol–water partition coefficient (Wildman–Crippen LogP) is 5.75.